The number of Topliss-reactive ketones (excluding diaryl/α,β-unsaturated/α-hetero) is 1. The number of aromatic nitrogens is 2. The van der Waals surface area contributed by atoms with Gasteiger partial charge in [0.15, 0.2) is 0 Å². The third kappa shape index (κ3) is 1.63. The van der Waals surface area contributed by atoms with Crippen molar-refractivity contribution in [1.82, 2.24) is 9.78 Å². The molecule has 6 heteroatoms. The Morgan fingerprint density at radius 3 is 2.88 bits per heavy atom. The van der Waals surface area contributed by atoms with E-state index in [2.05, 4.69) is 5.10 Å². The lowest BCUT2D eigenvalue weighted by Crippen LogP contribution is -1.98. The summed E-state index contributed by atoms with van der Waals surface area (Å²) >= 11 is 0. The van der Waals surface area contributed by atoms with Gasteiger partial charge in [-0.2, -0.15) is 5.10 Å². The van der Waals surface area contributed by atoms with Crippen LogP contribution in [0.15, 0.2) is 18.2 Å². The summed E-state index contributed by atoms with van der Waals surface area (Å²) in [6.07, 6.45) is 5.02. The van der Waals surface area contributed by atoms with E-state index >= 15 is 0 Å². The Balaban J connectivity index is 2.78. The van der Waals surface area contributed by atoms with Crippen molar-refractivity contribution < 1.29 is 9.72 Å². The molecule has 0 radical (unpaired) electrons. The van der Waals surface area contributed by atoms with Crippen LogP contribution in [0.2, 0.25) is 0 Å². The maximum atomic E-state index is 11.4. The number of non-ortho nitro benzene ring substituents is 1. The van der Waals surface area contributed by atoms with E-state index in [-0.39, 0.29) is 11.4 Å². The number of nitro benzene ring substituents is 1. The zero-order chi connectivity index (χ0) is 12.6. The van der Waals surface area contributed by atoms with E-state index < -0.39 is 10.7 Å². The third-order valence-electron chi connectivity index (χ3n) is 2.39. The van der Waals surface area contributed by atoms with Crippen molar-refractivity contribution in [3.63, 3.8) is 0 Å². The molecule has 1 heterocycles. The highest BCUT2D eigenvalue weighted by Gasteiger charge is 2.17. The summed E-state index contributed by atoms with van der Waals surface area (Å²) in [5.41, 5.74) is 0.583. The van der Waals surface area contributed by atoms with Crippen molar-refractivity contribution in [3.8, 4) is 12.3 Å². The van der Waals surface area contributed by atoms with Crippen LogP contribution in [-0.2, 0) is 7.05 Å². The molecule has 2 rings (SSSR count). The van der Waals surface area contributed by atoms with Gasteiger partial charge in [0.25, 0.3) is 11.5 Å². The van der Waals surface area contributed by atoms with Crippen molar-refractivity contribution in [2.24, 2.45) is 7.05 Å². The fourth-order valence-electron chi connectivity index (χ4n) is 1.60. The Morgan fingerprint density at radius 1 is 1.59 bits per heavy atom. The molecule has 0 fully saturated rings. The molecule has 0 saturated heterocycles. The summed E-state index contributed by atoms with van der Waals surface area (Å²) in [6.45, 7) is 0. The summed E-state index contributed by atoms with van der Waals surface area (Å²) in [7, 11) is 1.64. The van der Waals surface area contributed by atoms with Gasteiger partial charge in [-0.1, -0.05) is 0 Å². The lowest BCUT2D eigenvalue weighted by molar-refractivity contribution is -0.384. The Hall–Kier alpha value is -2.68. The van der Waals surface area contributed by atoms with E-state index in [0.717, 1.165) is 0 Å². The van der Waals surface area contributed by atoms with E-state index in [9.17, 15) is 14.9 Å². The summed E-state index contributed by atoms with van der Waals surface area (Å²) in [6, 6.07) is 4.19. The number of rotatable bonds is 2. The standard InChI is InChI=1S/C11H7N3O3/c1-3-10(15)11-8-6-7(14(16)17)4-5-9(8)13(2)12-11/h1,4-6H,2H3. The smallest absolute Gasteiger partial charge is 0.270 e. The normalized spacial score (nSPS) is 10.1. The van der Waals surface area contributed by atoms with Crippen molar-refractivity contribution in [3.05, 3.63) is 34.0 Å². The minimum Gasteiger partial charge on any atom is -0.277 e. The van der Waals surface area contributed by atoms with Gasteiger partial charge in [-0.15, -0.1) is 6.42 Å². The molecule has 0 atom stereocenters. The topological polar surface area (TPSA) is 78.0 Å². The molecule has 1 aromatic carbocycles. The molecule has 0 N–H and O–H groups in total. The SMILES string of the molecule is C#CC(=O)c1nn(C)c2ccc([N+](=O)[O-])cc12. The second-order valence-electron chi connectivity index (χ2n) is 3.40. The van der Waals surface area contributed by atoms with Gasteiger partial charge in [-0.3, -0.25) is 19.6 Å². The highest BCUT2D eigenvalue weighted by atomic mass is 16.6. The zero-order valence-corrected chi connectivity index (χ0v) is 8.88. The van der Waals surface area contributed by atoms with Gasteiger partial charge in [0.05, 0.1) is 10.4 Å². The molecular formula is C11H7N3O3. The van der Waals surface area contributed by atoms with E-state index in [1.165, 1.54) is 22.9 Å². The first-order valence-corrected chi connectivity index (χ1v) is 4.66. The molecule has 6 nitrogen and oxygen atoms in total. The number of benzene rings is 1. The highest BCUT2D eigenvalue weighted by molar-refractivity contribution is 6.14. The fraction of sp³-hybridized carbons (Fsp3) is 0.0909. The number of aryl methyl sites for hydroxylation is 1. The van der Waals surface area contributed by atoms with Crippen molar-refractivity contribution in [2.45, 2.75) is 0 Å². The van der Waals surface area contributed by atoms with Gasteiger partial charge < -0.3 is 0 Å². The number of hydrogen-bond acceptors (Lipinski definition) is 4. The quantitative estimate of drug-likeness (QED) is 0.255. The van der Waals surface area contributed by atoms with Crippen LogP contribution in [0.4, 0.5) is 5.69 Å². The molecular weight excluding hydrogens is 222 g/mol. The highest BCUT2D eigenvalue weighted by Crippen LogP contribution is 2.23. The molecule has 0 saturated carbocycles. The van der Waals surface area contributed by atoms with Crippen LogP contribution in [0, 0.1) is 22.5 Å². The van der Waals surface area contributed by atoms with Gasteiger partial charge in [0, 0.05) is 24.6 Å². The molecule has 0 amide bonds. The summed E-state index contributed by atoms with van der Waals surface area (Å²) < 4.78 is 1.46. The van der Waals surface area contributed by atoms with Crippen molar-refractivity contribution in [1.29, 1.82) is 0 Å². The summed E-state index contributed by atoms with van der Waals surface area (Å²) in [5.74, 6) is 1.36. The zero-order valence-electron chi connectivity index (χ0n) is 8.88. The Bertz CT molecular complexity index is 679. The average molecular weight is 229 g/mol. The lowest BCUT2D eigenvalue weighted by atomic mass is 10.1. The van der Waals surface area contributed by atoms with E-state index in [0.29, 0.717) is 10.9 Å². The number of nitrogens with zero attached hydrogens (tertiary/aromatic N) is 3. The minimum absolute atomic E-state index is 0.0636. The Labute approximate surface area is 96.0 Å². The molecule has 2 aromatic rings. The van der Waals surface area contributed by atoms with Gasteiger partial charge in [-0.25, -0.2) is 0 Å². The van der Waals surface area contributed by atoms with E-state index in [4.69, 9.17) is 6.42 Å². The van der Waals surface area contributed by atoms with E-state index in [1.54, 1.807) is 7.05 Å². The lowest BCUT2D eigenvalue weighted by Gasteiger charge is -1.93. The second-order valence-corrected chi connectivity index (χ2v) is 3.40. The van der Waals surface area contributed by atoms with Crippen molar-refractivity contribution >= 4 is 22.4 Å². The molecule has 1 aromatic heterocycles. The molecule has 0 aliphatic rings. The maximum Gasteiger partial charge on any atom is 0.270 e. The largest absolute Gasteiger partial charge is 0.277 e. The first kappa shape index (κ1) is 10.8. The third-order valence-corrected chi connectivity index (χ3v) is 2.39. The predicted octanol–water partition coefficient (Wildman–Crippen LogP) is 1.30. The number of carbonyl (C=O) groups excluding carboxylic acids is 1. The minimum atomic E-state index is -0.587. The van der Waals surface area contributed by atoms with Gasteiger partial charge in [0.1, 0.15) is 5.69 Å². The molecule has 17 heavy (non-hydrogen) atoms. The first-order chi connectivity index (χ1) is 8.04. The number of fused-ring (bicyclic) bond motifs is 1. The van der Waals surface area contributed by atoms with Gasteiger partial charge >= 0.3 is 0 Å². The maximum absolute atomic E-state index is 11.4. The van der Waals surface area contributed by atoms with Crippen molar-refractivity contribution in [2.75, 3.05) is 0 Å². The molecule has 0 spiro atoms. The Kier molecular flexibility index (Phi) is 2.37. The molecule has 0 aliphatic heterocycles. The van der Waals surface area contributed by atoms with Crippen LogP contribution < -0.4 is 0 Å². The van der Waals surface area contributed by atoms with Crippen LogP contribution in [0.5, 0.6) is 0 Å². The summed E-state index contributed by atoms with van der Waals surface area (Å²) in [4.78, 5) is 21.6. The number of hydrogen-bond donors (Lipinski definition) is 0. The predicted molar refractivity (Wildman–Crippen MR) is 60.5 cm³/mol. The average Bonchev–Trinajstić information content (AvgIpc) is 2.65. The van der Waals surface area contributed by atoms with Crippen LogP contribution >= 0.6 is 0 Å². The molecule has 0 unspecified atom stereocenters. The molecule has 84 valence electrons. The number of ketones is 1. The Morgan fingerprint density at radius 2 is 2.29 bits per heavy atom. The van der Waals surface area contributed by atoms with Gasteiger partial charge in [-0.05, 0) is 12.0 Å². The van der Waals surface area contributed by atoms with Crippen LogP contribution in [0.25, 0.3) is 10.9 Å². The first-order valence-electron chi connectivity index (χ1n) is 4.66. The molecule has 0 bridgehead atoms. The van der Waals surface area contributed by atoms with Crippen LogP contribution in [-0.4, -0.2) is 20.5 Å². The number of terminal acetylenes is 1. The number of carbonyl (C=O) groups is 1. The monoisotopic (exact) mass is 229 g/mol. The number of nitro groups is 1. The van der Waals surface area contributed by atoms with Gasteiger partial charge in [0.2, 0.25) is 0 Å². The fourth-order valence-corrected chi connectivity index (χ4v) is 1.60. The van der Waals surface area contributed by atoms with Crippen LogP contribution in [0.1, 0.15) is 10.5 Å². The summed E-state index contributed by atoms with van der Waals surface area (Å²) in [5, 5.41) is 15.0. The van der Waals surface area contributed by atoms with E-state index in [1.807, 2.05) is 5.92 Å². The molecule has 0 aliphatic carbocycles. The second kappa shape index (κ2) is 3.72. The van der Waals surface area contributed by atoms with Crippen LogP contribution in [0.3, 0.4) is 0 Å².